The van der Waals surface area contributed by atoms with E-state index in [1.54, 1.807) is 12.1 Å². The zero-order valence-corrected chi connectivity index (χ0v) is 8.80. The van der Waals surface area contributed by atoms with Gasteiger partial charge in [-0.3, -0.25) is 4.79 Å². The van der Waals surface area contributed by atoms with E-state index >= 15 is 0 Å². The SMILES string of the molecule is COc1cc(C[C@@H](N)C(=O)O)ccc1O.O. The van der Waals surface area contributed by atoms with Crippen molar-refractivity contribution in [2.45, 2.75) is 12.5 Å². The summed E-state index contributed by atoms with van der Waals surface area (Å²) < 4.78 is 4.89. The van der Waals surface area contributed by atoms with E-state index in [4.69, 9.17) is 15.6 Å². The van der Waals surface area contributed by atoms with Crippen molar-refractivity contribution in [3.8, 4) is 11.5 Å². The third kappa shape index (κ3) is 3.41. The van der Waals surface area contributed by atoms with E-state index in [9.17, 15) is 9.90 Å². The Morgan fingerprint density at radius 2 is 2.19 bits per heavy atom. The van der Waals surface area contributed by atoms with Gasteiger partial charge in [-0.1, -0.05) is 6.07 Å². The average molecular weight is 229 g/mol. The number of carboxylic acids is 1. The molecule has 0 heterocycles. The number of aliphatic carboxylic acids is 1. The predicted octanol–water partition coefficient (Wildman–Crippen LogP) is -0.470. The lowest BCUT2D eigenvalue weighted by Crippen LogP contribution is -2.32. The first-order chi connectivity index (χ1) is 7.04. The van der Waals surface area contributed by atoms with E-state index < -0.39 is 12.0 Å². The largest absolute Gasteiger partial charge is 0.504 e. The molecule has 1 atom stereocenters. The van der Waals surface area contributed by atoms with Crippen LogP contribution in [-0.2, 0) is 11.2 Å². The van der Waals surface area contributed by atoms with Crippen LogP contribution in [0.3, 0.4) is 0 Å². The molecule has 0 bridgehead atoms. The predicted molar refractivity (Wildman–Crippen MR) is 57.6 cm³/mol. The highest BCUT2D eigenvalue weighted by Crippen LogP contribution is 2.26. The van der Waals surface area contributed by atoms with Gasteiger partial charge in [0.05, 0.1) is 7.11 Å². The Hall–Kier alpha value is -1.79. The van der Waals surface area contributed by atoms with E-state index in [2.05, 4.69) is 0 Å². The topological polar surface area (TPSA) is 124 Å². The van der Waals surface area contributed by atoms with Crippen molar-refractivity contribution in [1.29, 1.82) is 0 Å². The molecule has 6 N–H and O–H groups in total. The molecule has 1 rings (SSSR count). The Kier molecular flexibility index (Phi) is 5.27. The number of hydrogen-bond donors (Lipinski definition) is 3. The van der Waals surface area contributed by atoms with Gasteiger partial charge in [-0.15, -0.1) is 0 Å². The average Bonchev–Trinajstić information content (AvgIpc) is 2.20. The van der Waals surface area contributed by atoms with Gasteiger partial charge >= 0.3 is 5.97 Å². The molecule has 0 saturated carbocycles. The molecule has 0 radical (unpaired) electrons. The normalized spacial score (nSPS) is 11.4. The van der Waals surface area contributed by atoms with E-state index in [0.29, 0.717) is 11.3 Å². The Morgan fingerprint density at radius 1 is 1.56 bits per heavy atom. The van der Waals surface area contributed by atoms with Crippen molar-refractivity contribution in [2.24, 2.45) is 5.73 Å². The first-order valence-electron chi connectivity index (χ1n) is 4.39. The van der Waals surface area contributed by atoms with E-state index in [-0.39, 0.29) is 17.6 Å². The first-order valence-corrected chi connectivity index (χ1v) is 4.39. The molecule has 0 spiro atoms. The highest BCUT2D eigenvalue weighted by Gasteiger charge is 2.13. The zero-order valence-electron chi connectivity index (χ0n) is 8.80. The van der Waals surface area contributed by atoms with Crippen molar-refractivity contribution < 1.29 is 25.2 Å². The van der Waals surface area contributed by atoms with Gasteiger partial charge in [0, 0.05) is 0 Å². The Morgan fingerprint density at radius 3 is 2.69 bits per heavy atom. The second-order valence-electron chi connectivity index (χ2n) is 3.16. The van der Waals surface area contributed by atoms with Crippen molar-refractivity contribution in [3.05, 3.63) is 23.8 Å². The van der Waals surface area contributed by atoms with Gasteiger partial charge in [-0.05, 0) is 24.1 Å². The molecule has 6 heteroatoms. The highest BCUT2D eigenvalue weighted by atomic mass is 16.5. The van der Waals surface area contributed by atoms with Crippen LogP contribution < -0.4 is 10.5 Å². The maximum absolute atomic E-state index is 10.5. The van der Waals surface area contributed by atoms with E-state index in [0.717, 1.165) is 0 Å². The van der Waals surface area contributed by atoms with Gasteiger partial charge in [-0.25, -0.2) is 0 Å². The number of ether oxygens (including phenoxy) is 1. The van der Waals surface area contributed by atoms with Gasteiger partial charge in [0.1, 0.15) is 6.04 Å². The summed E-state index contributed by atoms with van der Waals surface area (Å²) >= 11 is 0. The third-order valence-corrected chi connectivity index (χ3v) is 2.02. The van der Waals surface area contributed by atoms with Gasteiger partial charge in [0.2, 0.25) is 0 Å². The summed E-state index contributed by atoms with van der Waals surface area (Å²) in [5.41, 5.74) is 6.08. The monoisotopic (exact) mass is 229 g/mol. The standard InChI is InChI=1S/C10H13NO4.H2O/c1-15-9-5-6(2-3-8(9)12)4-7(11)10(13)14;/h2-3,5,7,12H,4,11H2,1H3,(H,13,14);1H2/t7-;/m1./s1. The number of carboxylic acid groups (broad SMARTS) is 1. The Labute approximate surface area is 92.6 Å². The molecule has 0 aliphatic carbocycles. The number of rotatable bonds is 4. The van der Waals surface area contributed by atoms with E-state index in [1.165, 1.54) is 13.2 Å². The summed E-state index contributed by atoms with van der Waals surface area (Å²) in [6.07, 6.45) is 0.200. The minimum Gasteiger partial charge on any atom is -0.504 e. The van der Waals surface area contributed by atoms with Crippen molar-refractivity contribution in [2.75, 3.05) is 7.11 Å². The summed E-state index contributed by atoms with van der Waals surface area (Å²) in [7, 11) is 1.43. The molecule has 0 fully saturated rings. The minimum absolute atomic E-state index is 0. The van der Waals surface area contributed by atoms with Crippen LogP contribution in [0.1, 0.15) is 5.56 Å². The Bertz CT molecular complexity index is 366. The molecular weight excluding hydrogens is 214 g/mol. The van der Waals surface area contributed by atoms with Crippen LogP contribution in [-0.4, -0.2) is 34.8 Å². The number of benzene rings is 1. The molecule has 1 aromatic carbocycles. The zero-order chi connectivity index (χ0) is 11.4. The minimum atomic E-state index is -1.05. The van der Waals surface area contributed by atoms with Gasteiger partial charge < -0.3 is 26.2 Å². The fourth-order valence-corrected chi connectivity index (χ4v) is 1.19. The third-order valence-electron chi connectivity index (χ3n) is 2.02. The van der Waals surface area contributed by atoms with Crippen LogP contribution in [0.15, 0.2) is 18.2 Å². The van der Waals surface area contributed by atoms with Crippen LogP contribution in [0.4, 0.5) is 0 Å². The summed E-state index contributed by atoms with van der Waals surface area (Å²) in [6.45, 7) is 0. The lowest BCUT2D eigenvalue weighted by atomic mass is 10.1. The highest BCUT2D eigenvalue weighted by molar-refractivity contribution is 5.73. The smallest absolute Gasteiger partial charge is 0.320 e. The summed E-state index contributed by atoms with van der Waals surface area (Å²) in [4.78, 5) is 10.5. The molecule has 90 valence electrons. The maximum Gasteiger partial charge on any atom is 0.320 e. The quantitative estimate of drug-likeness (QED) is 0.643. The lowest BCUT2D eigenvalue weighted by Gasteiger charge is -2.08. The number of nitrogens with two attached hydrogens (primary N) is 1. The number of aromatic hydroxyl groups is 1. The number of phenolic OH excluding ortho intramolecular Hbond substituents is 1. The van der Waals surface area contributed by atoms with Gasteiger partial charge in [-0.2, -0.15) is 0 Å². The molecule has 0 amide bonds. The number of carbonyl (C=O) groups is 1. The first kappa shape index (κ1) is 14.2. The van der Waals surface area contributed by atoms with Crippen LogP contribution in [0.5, 0.6) is 11.5 Å². The summed E-state index contributed by atoms with van der Waals surface area (Å²) in [5, 5.41) is 17.9. The van der Waals surface area contributed by atoms with E-state index in [1.807, 2.05) is 0 Å². The number of phenols is 1. The van der Waals surface area contributed by atoms with Crippen molar-refractivity contribution in [1.82, 2.24) is 0 Å². The van der Waals surface area contributed by atoms with Crippen molar-refractivity contribution >= 4 is 5.97 Å². The van der Waals surface area contributed by atoms with Crippen LogP contribution >= 0.6 is 0 Å². The molecule has 6 nitrogen and oxygen atoms in total. The summed E-state index contributed by atoms with van der Waals surface area (Å²) in [6, 6.07) is 3.68. The fraction of sp³-hybridized carbons (Fsp3) is 0.300. The van der Waals surface area contributed by atoms with Crippen molar-refractivity contribution in [3.63, 3.8) is 0 Å². The van der Waals surface area contributed by atoms with Crippen LogP contribution in [0, 0.1) is 0 Å². The molecule has 0 aliphatic heterocycles. The molecule has 0 unspecified atom stereocenters. The number of methoxy groups -OCH3 is 1. The molecule has 16 heavy (non-hydrogen) atoms. The molecule has 0 aromatic heterocycles. The van der Waals surface area contributed by atoms with Gasteiger partial charge in [0.25, 0.3) is 0 Å². The molecular formula is C10H15NO5. The maximum atomic E-state index is 10.5. The second-order valence-corrected chi connectivity index (χ2v) is 3.16. The van der Waals surface area contributed by atoms with Crippen LogP contribution in [0.2, 0.25) is 0 Å². The molecule has 0 aliphatic rings. The fourth-order valence-electron chi connectivity index (χ4n) is 1.19. The van der Waals surface area contributed by atoms with Gasteiger partial charge in [0.15, 0.2) is 11.5 Å². The lowest BCUT2D eigenvalue weighted by molar-refractivity contribution is -0.138. The molecule has 0 saturated heterocycles. The number of hydrogen-bond acceptors (Lipinski definition) is 4. The molecule has 1 aromatic rings. The van der Waals surface area contributed by atoms with Crippen LogP contribution in [0.25, 0.3) is 0 Å². The second kappa shape index (κ2) is 5.94. The Balaban J connectivity index is 0.00000225. The summed E-state index contributed by atoms with van der Waals surface area (Å²) in [5.74, 6) is -0.725.